The number of aryl methyl sites for hydroxylation is 1. The van der Waals surface area contributed by atoms with Crippen molar-refractivity contribution in [3.05, 3.63) is 113 Å². The minimum atomic E-state index is -0.673. The lowest BCUT2D eigenvalue weighted by Gasteiger charge is -2.27. The number of H-pyrrole nitrogens is 1. The first-order valence-corrected chi connectivity index (χ1v) is 11.9. The fraction of sp³-hybridized carbons (Fsp3) is 0.138. The molecule has 8 heteroatoms. The molecule has 0 bridgehead atoms. The first-order chi connectivity index (χ1) is 18.0. The highest BCUT2D eigenvalue weighted by Gasteiger charge is 2.44. The summed E-state index contributed by atoms with van der Waals surface area (Å²) in [5.74, 6) is -0.552. The molecule has 186 valence electrons. The van der Waals surface area contributed by atoms with E-state index in [1.807, 2.05) is 68.4 Å². The van der Waals surface area contributed by atoms with Crippen LogP contribution in [0.4, 0.5) is 11.5 Å². The molecule has 5 rings (SSSR count). The number of aliphatic hydroxyl groups excluding tert-OH is 1. The summed E-state index contributed by atoms with van der Waals surface area (Å²) in [6, 6.07) is 23.3. The number of carbonyl (C=O) groups excluding carboxylic acids is 2. The molecule has 3 aromatic carbocycles. The maximum Gasteiger partial charge on any atom is 0.295 e. The SMILES string of the molecule is CCOc1ccc(NC(=O)c2cn[nH]c2N2C(=O)C(O)=C(c3ccccc3)[C@@H]2c2ccc(C)cc2)cc1. The van der Waals surface area contributed by atoms with Gasteiger partial charge in [0.05, 0.1) is 18.8 Å². The van der Waals surface area contributed by atoms with Crippen molar-refractivity contribution in [3.63, 3.8) is 0 Å². The van der Waals surface area contributed by atoms with Crippen LogP contribution in [0.15, 0.2) is 90.8 Å². The second kappa shape index (κ2) is 10.0. The highest BCUT2D eigenvalue weighted by atomic mass is 16.5. The van der Waals surface area contributed by atoms with E-state index in [-0.39, 0.29) is 17.1 Å². The van der Waals surface area contributed by atoms with Gasteiger partial charge in [0.2, 0.25) is 0 Å². The fourth-order valence-electron chi connectivity index (χ4n) is 4.44. The van der Waals surface area contributed by atoms with Crippen molar-refractivity contribution >= 4 is 28.9 Å². The summed E-state index contributed by atoms with van der Waals surface area (Å²) in [5.41, 5.74) is 3.75. The van der Waals surface area contributed by atoms with Crippen molar-refractivity contribution in [2.45, 2.75) is 19.9 Å². The third-order valence-corrected chi connectivity index (χ3v) is 6.21. The molecule has 0 unspecified atom stereocenters. The third-order valence-electron chi connectivity index (χ3n) is 6.21. The quantitative estimate of drug-likeness (QED) is 0.318. The molecular weight excluding hydrogens is 468 g/mol. The van der Waals surface area contributed by atoms with Gasteiger partial charge in [0.25, 0.3) is 11.8 Å². The first-order valence-electron chi connectivity index (χ1n) is 11.9. The zero-order valence-electron chi connectivity index (χ0n) is 20.4. The number of anilines is 2. The Balaban J connectivity index is 1.53. The third kappa shape index (κ3) is 4.56. The average molecular weight is 495 g/mol. The van der Waals surface area contributed by atoms with Crippen LogP contribution in [-0.4, -0.2) is 33.7 Å². The molecule has 1 atom stereocenters. The van der Waals surface area contributed by atoms with E-state index in [4.69, 9.17) is 4.74 Å². The van der Waals surface area contributed by atoms with Crippen LogP contribution in [-0.2, 0) is 4.79 Å². The summed E-state index contributed by atoms with van der Waals surface area (Å²) >= 11 is 0. The molecule has 1 aliphatic rings. The molecule has 0 spiro atoms. The van der Waals surface area contributed by atoms with Crippen LogP contribution >= 0.6 is 0 Å². The number of hydrogen-bond donors (Lipinski definition) is 3. The van der Waals surface area contributed by atoms with Crippen LogP contribution in [0.5, 0.6) is 5.75 Å². The van der Waals surface area contributed by atoms with Crippen LogP contribution in [0.25, 0.3) is 5.57 Å². The highest BCUT2D eigenvalue weighted by Crippen LogP contribution is 2.45. The van der Waals surface area contributed by atoms with Crippen molar-refractivity contribution in [2.24, 2.45) is 0 Å². The predicted octanol–water partition coefficient (Wildman–Crippen LogP) is 5.43. The van der Waals surface area contributed by atoms with Crippen molar-refractivity contribution in [2.75, 3.05) is 16.8 Å². The molecular formula is C29H26N4O4. The van der Waals surface area contributed by atoms with Gasteiger partial charge in [-0.05, 0) is 49.2 Å². The van der Waals surface area contributed by atoms with E-state index < -0.39 is 17.9 Å². The predicted molar refractivity (Wildman–Crippen MR) is 142 cm³/mol. The number of carbonyl (C=O) groups is 2. The topological polar surface area (TPSA) is 108 Å². The second-order valence-corrected chi connectivity index (χ2v) is 8.66. The Morgan fingerprint density at radius 1 is 1.05 bits per heavy atom. The lowest BCUT2D eigenvalue weighted by Crippen LogP contribution is -2.32. The van der Waals surface area contributed by atoms with Gasteiger partial charge in [-0.2, -0.15) is 5.10 Å². The number of ether oxygens (including phenoxy) is 1. The summed E-state index contributed by atoms with van der Waals surface area (Å²) < 4.78 is 5.45. The Morgan fingerprint density at radius 2 is 1.76 bits per heavy atom. The van der Waals surface area contributed by atoms with E-state index in [1.165, 1.54) is 11.1 Å². The van der Waals surface area contributed by atoms with Crippen LogP contribution in [0.3, 0.4) is 0 Å². The number of benzene rings is 3. The molecule has 3 N–H and O–H groups in total. The number of aromatic amines is 1. The zero-order chi connectivity index (χ0) is 25.9. The number of nitrogens with zero attached hydrogens (tertiary/aromatic N) is 2. The summed E-state index contributed by atoms with van der Waals surface area (Å²) in [4.78, 5) is 28.2. The Morgan fingerprint density at radius 3 is 2.43 bits per heavy atom. The van der Waals surface area contributed by atoms with Gasteiger partial charge in [0.15, 0.2) is 5.76 Å². The Bertz CT molecular complexity index is 1460. The van der Waals surface area contributed by atoms with E-state index in [0.717, 1.165) is 11.1 Å². The fourth-order valence-corrected chi connectivity index (χ4v) is 4.44. The maximum absolute atomic E-state index is 13.5. The van der Waals surface area contributed by atoms with Gasteiger partial charge >= 0.3 is 0 Å². The van der Waals surface area contributed by atoms with Crippen LogP contribution in [0.1, 0.15) is 40.0 Å². The number of aromatic nitrogens is 2. The van der Waals surface area contributed by atoms with Gasteiger partial charge in [-0.1, -0.05) is 60.2 Å². The normalized spacial score (nSPS) is 15.2. The van der Waals surface area contributed by atoms with E-state index in [1.54, 1.807) is 24.3 Å². The molecule has 1 aromatic heterocycles. The zero-order valence-corrected chi connectivity index (χ0v) is 20.4. The Labute approximate surface area is 214 Å². The van der Waals surface area contributed by atoms with Gasteiger partial charge in [0.1, 0.15) is 17.1 Å². The van der Waals surface area contributed by atoms with Crippen molar-refractivity contribution in [1.82, 2.24) is 10.2 Å². The lowest BCUT2D eigenvalue weighted by atomic mass is 9.93. The van der Waals surface area contributed by atoms with Crippen molar-refractivity contribution in [3.8, 4) is 5.75 Å². The van der Waals surface area contributed by atoms with E-state index in [2.05, 4.69) is 15.5 Å². The lowest BCUT2D eigenvalue weighted by molar-refractivity contribution is -0.117. The van der Waals surface area contributed by atoms with Gasteiger partial charge < -0.3 is 15.2 Å². The molecule has 37 heavy (non-hydrogen) atoms. The maximum atomic E-state index is 13.5. The van der Waals surface area contributed by atoms with Gasteiger partial charge in [-0.25, -0.2) is 0 Å². The standard InChI is InChI=1S/C29H26N4O4/c1-3-37-22-15-13-21(14-16-22)31-28(35)23-17-30-32-27(23)33-25(20-11-9-18(2)10-12-20)24(26(34)29(33)36)19-7-5-4-6-8-19/h4-17,25,34H,3H2,1-2H3,(H,30,32)(H,31,35)/t25-/m0/s1. The number of nitrogens with one attached hydrogen (secondary N) is 2. The van der Waals surface area contributed by atoms with Crippen molar-refractivity contribution in [1.29, 1.82) is 0 Å². The van der Waals surface area contributed by atoms with E-state index >= 15 is 0 Å². The van der Waals surface area contributed by atoms with Crippen LogP contribution in [0.2, 0.25) is 0 Å². The summed E-state index contributed by atoms with van der Waals surface area (Å²) in [7, 11) is 0. The number of hydrogen-bond acceptors (Lipinski definition) is 5. The monoisotopic (exact) mass is 494 g/mol. The molecule has 0 radical (unpaired) electrons. The molecule has 0 saturated heterocycles. The number of amides is 2. The minimum absolute atomic E-state index is 0.168. The largest absolute Gasteiger partial charge is 0.503 e. The average Bonchev–Trinajstić information content (AvgIpc) is 3.49. The van der Waals surface area contributed by atoms with Gasteiger partial charge in [-0.3, -0.25) is 19.6 Å². The molecule has 2 amide bonds. The van der Waals surface area contributed by atoms with Crippen molar-refractivity contribution < 1.29 is 19.4 Å². The molecule has 0 saturated carbocycles. The molecule has 4 aromatic rings. The minimum Gasteiger partial charge on any atom is -0.503 e. The number of rotatable bonds is 7. The molecule has 2 heterocycles. The Kier molecular flexibility index (Phi) is 6.47. The summed E-state index contributed by atoms with van der Waals surface area (Å²) in [6.07, 6.45) is 1.37. The van der Waals surface area contributed by atoms with Gasteiger partial charge in [-0.15, -0.1) is 0 Å². The smallest absolute Gasteiger partial charge is 0.295 e. The molecule has 0 aliphatic carbocycles. The summed E-state index contributed by atoms with van der Waals surface area (Å²) in [6.45, 7) is 4.42. The van der Waals surface area contributed by atoms with Gasteiger partial charge in [0, 0.05) is 11.3 Å². The number of aliphatic hydroxyl groups is 1. The van der Waals surface area contributed by atoms with Crippen LogP contribution < -0.4 is 15.0 Å². The first kappa shape index (κ1) is 23.9. The highest BCUT2D eigenvalue weighted by molar-refractivity contribution is 6.18. The van der Waals surface area contributed by atoms with Crippen LogP contribution in [0, 0.1) is 6.92 Å². The molecule has 1 aliphatic heterocycles. The molecule has 0 fully saturated rings. The molecule has 8 nitrogen and oxygen atoms in total. The van der Waals surface area contributed by atoms with E-state index in [9.17, 15) is 14.7 Å². The second-order valence-electron chi connectivity index (χ2n) is 8.66. The summed E-state index contributed by atoms with van der Waals surface area (Å²) in [5, 5.41) is 20.8. The Hall–Kier alpha value is -4.85. The van der Waals surface area contributed by atoms with E-state index in [0.29, 0.717) is 29.2 Å².